The number of nitrogens with one attached hydrogen (secondary N) is 2. The summed E-state index contributed by atoms with van der Waals surface area (Å²) < 4.78 is 5.61. The Bertz CT molecular complexity index is 726. The topological polar surface area (TPSA) is 65.7 Å². The molecule has 7 heteroatoms. The fourth-order valence-corrected chi connectivity index (χ4v) is 3.45. The largest absolute Gasteiger partial charge is 0.444 e. The van der Waals surface area contributed by atoms with E-state index >= 15 is 0 Å². The number of aromatic nitrogens is 1. The van der Waals surface area contributed by atoms with Gasteiger partial charge < -0.3 is 20.0 Å². The molecule has 0 bridgehead atoms. The molecule has 2 heterocycles. The predicted molar refractivity (Wildman–Crippen MR) is 130 cm³/mol. The first-order chi connectivity index (χ1) is 13.8. The van der Waals surface area contributed by atoms with E-state index in [1.165, 1.54) is 32.5 Å². The molecule has 29 heavy (non-hydrogen) atoms. The van der Waals surface area contributed by atoms with Gasteiger partial charge in [-0.15, -0.1) is 24.0 Å². The van der Waals surface area contributed by atoms with Crippen LogP contribution in [0.3, 0.4) is 0 Å². The van der Waals surface area contributed by atoms with Crippen molar-refractivity contribution in [3.8, 4) is 11.5 Å². The number of aliphatic imine (C=N–C) groups is 1. The molecular weight excluding hydrogens is 477 g/mol. The molecule has 160 valence electrons. The number of hydrogen-bond acceptors (Lipinski definition) is 4. The normalized spacial score (nSPS) is 15.7. The highest BCUT2D eigenvalue weighted by atomic mass is 127. The van der Waals surface area contributed by atoms with Gasteiger partial charge in [0.15, 0.2) is 5.96 Å². The van der Waals surface area contributed by atoms with Gasteiger partial charge in [-0.2, -0.15) is 0 Å². The second-order valence-corrected chi connectivity index (χ2v) is 7.32. The number of rotatable bonds is 8. The Labute approximate surface area is 191 Å². The number of likely N-dealkylation sites (tertiary alicyclic amines) is 1. The van der Waals surface area contributed by atoms with Crippen LogP contribution in [0.15, 0.2) is 46.0 Å². The number of benzene rings is 1. The highest BCUT2D eigenvalue weighted by molar-refractivity contribution is 14.0. The quantitative estimate of drug-likeness (QED) is 0.315. The summed E-state index contributed by atoms with van der Waals surface area (Å²) in [5.41, 5.74) is 1.82. The van der Waals surface area contributed by atoms with Gasteiger partial charge in [-0.3, -0.25) is 0 Å². The van der Waals surface area contributed by atoms with Crippen LogP contribution < -0.4 is 10.6 Å². The molecule has 2 aromatic rings. The van der Waals surface area contributed by atoms with Crippen molar-refractivity contribution in [3.63, 3.8) is 0 Å². The van der Waals surface area contributed by atoms with Gasteiger partial charge in [-0.1, -0.05) is 31.5 Å². The van der Waals surface area contributed by atoms with Crippen LogP contribution in [0.2, 0.25) is 0 Å². The van der Waals surface area contributed by atoms with Crippen LogP contribution in [0.25, 0.3) is 11.5 Å². The van der Waals surface area contributed by atoms with Crippen molar-refractivity contribution in [2.24, 2.45) is 4.99 Å². The molecule has 6 nitrogen and oxygen atoms in total. The summed E-state index contributed by atoms with van der Waals surface area (Å²) in [5.74, 6) is 1.50. The first-order valence-electron chi connectivity index (χ1n) is 10.6. The number of oxazole rings is 1. The monoisotopic (exact) mass is 511 g/mol. The molecule has 0 unspecified atom stereocenters. The fourth-order valence-electron chi connectivity index (χ4n) is 3.45. The van der Waals surface area contributed by atoms with Gasteiger partial charge in [-0.05, 0) is 44.9 Å². The number of halogens is 1. The highest BCUT2D eigenvalue weighted by Crippen LogP contribution is 2.18. The Balaban J connectivity index is 0.00000300. The predicted octanol–water partition coefficient (Wildman–Crippen LogP) is 4.28. The summed E-state index contributed by atoms with van der Waals surface area (Å²) in [6.07, 6.45) is 6.59. The molecule has 3 rings (SSSR count). The molecule has 1 aliphatic heterocycles. The fraction of sp³-hybridized carbons (Fsp3) is 0.545. The maximum Gasteiger partial charge on any atom is 0.226 e. The Morgan fingerprint density at radius 1 is 1.21 bits per heavy atom. The van der Waals surface area contributed by atoms with E-state index in [2.05, 4.69) is 34.4 Å². The van der Waals surface area contributed by atoms with Gasteiger partial charge in [0.25, 0.3) is 0 Å². The molecule has 0 saturated carbocycles. The average Bonchev–Trinajstić information content (AvgIpc) is 3.21. The van der Waals surface area contributed by atoms with Crippen LogP contribution in [0.5, 0.6) is 0 Å². The van der Waals surface area contributed by atoms with Crippen LogP contribution in [0, 0.1) is 0 Å². The molecular formula is C22H34IN5O. The van der Waals surface area contributed by atoms with Crippen molar-refractivity contribution in [1.29, 1.82) is 0 Å². The van der Waals surface area contributed by atoms with Crippen molar-refractivity contribution >= 4 is 29.9 Å². The van der Waals surface area contributed by atoms with Crippen molar-refractivity contribution in [3.05, 3.63) is 42.3 Å². The van der Waals surface area contributed by atoms with Crippen LogP contribution in [-0.4, -0.2) is 48.1 Å². The standard InChI is InChI=1S/C22H33N5O.HI/c1-3-5-13-27-14-11-19(12-15-27)26-22(23-4-2)24-16-20-17-28-21(25-20)18-9-7-6-8-10-18;/h6-10,17,19H,3-5,11-16H2,1-2H3,(H2,23,24,26);1H. The third-order valence-corrected chi connectivity index (χ3v) is 5.07. The number of piperidine rings is 1. The molecule has 1 aromatic heterocycles. The second kappa shape index (κ2) is 12.8. The van der Waals surface area contributed by atoms with Gasteiger partial charge in [0.1, 0.15) is 12.0 Å². The SMILES string of the molecule is CCCCN1CCC(NC(=NCc2coc(-c3ccccc3)n2)NCC)CC1.I. The molecule has 1 saturated heterocycles. The molecule has 0 spiro atoms. The van der Waals surface area contributed by atoms with E-state index in [4.69, 9.17) is 9.41 Å². The minimum absolute atomic E-state index is 0. The summed E-state index contributed by atoms with van der Waals surface area (Å²) in [5, 5.41) is 6.95. The molecule has 0 atom stereocenters. The van der Waals surface area contributed by atoms with Crippen LogP contribution in [0.1, 0.15) is 45.2 Å². The smallest absolute Gasteiger partial charge is 0.226 e. The lowest BCUT2D eigenvalue weighted by Gasteiger charge is -2.33. The first-order valence-corrected chi connectivity index (χ1v) is 10.6. The zero-order chi connectivity index (χ0) is 19.6. The van der Waals surface area contributed by atoms with Gasteiger partial charge in [0, 0.05) is 31.2 Å². The zero-order valence-corrected chi connectivity index (χ0v) is 19.9. The molecule has 0 radical (unpaired) electrons. The van der Waals surface area contributed by atoms with Crippen molar-refractivity contribution in [1.82, 2.24) is 20.5 Å². The Morgan fingerprint density at radius 2 is 1.97 bits per heavy atom. The van der Waals surface area contributed by atoms with Crippen molar-refractivity contribution < 1.29 is 4.42 Å². The summed E-state index contributed by atoms with van der Waals surface area (Å²) in [6.45, 7) is 9.25. The third kappa shape index (κ3) is 7.62. The molecule has 0 aliphatic carbocycles. The van der Waals surface area contributed by atoms with Crippen LogP contribution in [-0.2, 0) is 6.54 Å². The maximum absolute atomic E-state index is 5.61. The summed E-state index contributed by atoms with van der Waals surface area (Å²) in [7, 11) is 0. The second-order valence-electron chi connectivity index (χ2n) is 7.32. The highest BCUT2D eigenvalue weighted by Gasteiger charge is 2.19. The molecule has 1 aromatic carbocycles. The van der Waals surface area contributed by atoms with E-state index in [1.807, 2.05) is 30.3 Å². The Morgan fingerprint density at radius 3 is 2.66 bits per heavy atom. The first kappa shape index (κ1) is 23.7. The van der Waals surface area contributed by atoms with E-state index in [-0.39, 0.29) is 24.0 Å². The van der Waals surface area contributed by atoms with Gasteiger partial charge in [0.2, 0.25) is 5.89 Å². The molecule has 1 aliphatic rings. The summed E-state index contributed by atoms with van der Waals surface area (Å²) >= 11 is 0. The number of nitrogens with zero attached hydrogens (tertiary/aromatic N) is 3. The number of hydrogen-bond donors (Lipinski definition) is 2. The third-order valence-electron chi connectivity index (χ3n) is 5.07. The Hall–Kier alpha value is -1.61. The van der Waals surface area contributed by atoms with Crippen LogP contribution in [0.4, 0.5) is 0 Å². The minimum atomic E-state index is 0. The average molecular weight is 511 g/mol. The number of unbranched alkanes of at least 4 members (excludes halogenated alkanes) is 1. The Kier molecular flexibility index (Phi) is 10.5. The van der Waals surface area contributed by atoms with Gasteiger partial charge in [0.05, 0.1) is 6.54 Å². The van der Waals surface area contributed by atoms with E-state index in [1.54, 1.807) is 6.26 Å². The van der Waals surface area contributed by atoms with Gasteiger partial charge >= 0.3 is 0 Å². The van der Waals surface area contributed by atoms with Gasteiger partial charge in [-0.25, -0.2) is 9.98 Å². The summed E-state index contributed by atoms with van der Waals surface area (Å²) in [6, 6.07) is 10.4. The lowest BCUT2D eigenvalue weighted by molar-refractivity contribution is 0.203. The lowest BCUT2D eigenvalue weighted by Crippen LogP contribution is -2.48. The van der Waals surface area contributed by atoms with Crippen molar-refractivity contribution in [2.45, 2.75) is 52.1 Å². The van der Waals surface area contributed by atoms with Crippen molar-refractivity contribution in [2.75, 3.05) is 26.2 Å². The number of guanidine groups is 1. The van der Waals surface area contributed by atoms with E-state index in [9.17, 15) is 0 Å². The molecule has 2 N–H and O–H groups in total. The molecule has 0 amide bonds. The van der Waals surface area contributed by atoms with Crippen LogP contribution >= 0.6 is 24.0 Å². The lowest BCUT2D eigenvalue weighted by atomic mass is 10.0. The van der Waals surface area contributed by atoms with E-state index in [0.29, 0.717) is 18.5 Å². The molecule has 1 fully saturated rings. The zero-order valence-electron chi connectivity index (χ0n) is 17.6. The maximum atomic E-state index is 5.61. The summed E-state index contributed by atoms with van der Waals surface area (Å²) in [4.78, 5) is 11.8. The minimum Gasteiger partial charge on any atom is -0.444 e. The van der Waals surface area contributed by atoms with E-state index in [0.717, 1.165) is 36.6 Å². The van der Waals surface area contributed by atoms with E-state index < -0.39 is 0 Å².